The molecule has 0 radical (unpaired) electrons. The van der Waals surface area contributed by atoms with E-state index in [1.54, 1.807) is 12.1 Å². The lowest BCUT2D eigenvalue weighted by Crippen LogP contribution is -2.22. The highest BCUT2D eigenvalue weighted by Crippen LogP contribution is 2.40. The van der Waals surface area contributed by atoms with Crippen LogP contribution in [-0.4, -0.2) is 42.0 Å². The molecule has 0 fully saturated rings. The first-order valence-corrected chi connectivity index (χ1v) is 10.3. The van der Waals surface area contributed by atoms with E-state index in [-0.39, 0.29) is 12.0 Å². The standard InChI is InChI=1S/C21H25Cl3O4/c1-21(2,14-4-6-17(7-5-14)27-9-3-8-22)15-10-18(23)20(19(24)11-15)28-13-16(26)12-25/h4-7,10-11,16,25-26H,3,8-9,12-13H2,1-2H3/t16-/m0/s1. The van der Waals surface area contributed by atoms with Crippen molar-refractivity contribution in [1.29, 1.82) is 0 Å². The fraction of sp³-hybridized carbons (Fsp3) is 0.429. The maximum atomic E-state index is 9.45. The highest BCUT2D eigenvalue weighted by molar-refractivity contribution is 6.37. The van der Waals surface area contributed by atoms with Gasteiger partial charge in [-0.1, -0.05) is 49.2 Å². The molecular weight excluding hydrogens is 423 g/mol. The molecule has 1 atom stereocenters. The van der Waals surface area contributed by atoms with Crippen LogP contribution in [0.25, 0.3) is 0 Å². The monoisotopic (exact) mass is 446 g/mol. The van der Waals surface area contributed by atoms with Gasteiger partial charge in [0.1, 0.15) is 18.5 Å². The highest BCUT2D eigenvalue weighted by Gasteiger charge is 2.26. The molecule has 0 amide bonds. The number of benzene rings is 2. The average molecular weight is 448 g/mol. The van der Waals surface area contributed by atoms with Crippen molar-refractivity contribution in [2.45, 2.75) is 31.8 Å². The van der Waals surface area contributed by atoms with Crippen LogP contribution >= 0.6 is 34.8 Å². The normalized spacial score (nSPS) is 12.7. The van der Waals surface area contributed by atoms with E-state index in [0.717, 1.165) is 23.3 Å². The summed E-state index contributed by atoms with van der Waals surface area (Å²) in [5.41, 5.74) is 1.65. The molecule has 0 aliphatic carbocycles. The van der Waals surface area contributed by atoms with E-state index in [1.165, 1.54) is 0 Å². The Labute approximate surface area is 180 Å². The van der Waals surface area contributed by atoms with E-state index in [0.29, 0.717) is 28.3 Å². The maximum absolute atomic E-state index is 9.45. The molecule has 0 saturated carbocycles. The van der Waals surface area contributed by atoms with E-state index in [1.807, 2.05) is 24.3 Å². The molecule has 0 aliphatic rings. The SMILES string of the molecule is CC(C)(c1ccc(OCCCCl)cc1)c1cc(Cl)c(OC[C@@H](O)CO)c(Cl)c1. The van der Waals surface area contributed by atoms with Gasteiger partial charge in [0.25, 0.3) is 0 Å². The predicted octanol–water partition coefficient (Wildman–Crippen LogP) is 5.06. The van der Waals surface area contributed by atoms with Gasteiger partial charge < -0.3 is 19.7 Å². The molecule has 0 heterocycles. The van der Waals surface area contributed by atoms with Gasteiger partial charge >= 0.3 is 0 Å². The summed E-state index contributed by atoms with van der Waals surface area (Å²) in [7, 11) is 0. The molecule has 0 aliphatic heterocycles. The second-order valence-electron chi connectivity index (χ2n) is 6.96. The molecule has 2 N–H and O–H groups in total. The van der Waals surface area contributed by atoms with Gasteiger partial charge in [-0.2, -0.15) is 0 Å². The number of aliphatic hydroxyl groups excluding tert-OH is 2. The fourth-order valence-corrected chi connectivity index (χ4v) is 3.38. The number of halogens is 3. The van der Waals surface area contributed by atoms with Crippen molar-refractivity contribution >= 4 is 34.8 Å². The minimum absolute atomic E-state index is 0.0934. The van der Waals surface area contributed by atoms with Crippen molar-refractivity contribution in [3.8, 4) is 11.5 Å². The van der Waals surface area contributed by atoms with E-state index in [2.05, 4.69) is 13.8 Å². The van der Waals surface area contributed by atoms with Gasteiger partial charge in [0.2, 0.25) is 0 Å². The lowest BCUT2D eigenvalue weighted by Gasteiger charge is -2.27. The molecule has 0 bridgehead atoms. The van der Waals surface area contributed by atoms with Gasteiger partial charge in [0.05, 0.1) is 23.3 Å². The smallest absolute Gasteiger partial charge is 0.156 e. The molecule has 2 aromatic carbocycles. The van der Waals surface area contributed by atoms with Crippen LogP contribution in [0.5, 0.6) is 11.5 Å². The Bertz CT molecular complexity index is 740. The Kier molecular flexibility index (Phi) is 8.72. The second-order valence-corrected chi connectivity index (χ2v) is 8.15. The summed E-state index contributed by atoms with van der Waals surface area (Å²) in [4.78, 5) is 0. The summed E-state index contributed by atoms with van der Waals surface area (Å²) in [6.07, 6.45) is -0.191. The second kappa shape index (κ2) is 10.6. The van der Waals surface area contributed by atoms with Crippen LogP contribution in [-0.2, 0) is 5.41 Å². The van der Waals surface area contributed by atoms with Crippen LogP contribution in [0.15, 0.2) is 36.4 Å². The number of hydrogen-bond acceptors (Lipinski definition) is 4. The summed E-state index contributed by atoms with van der Waals surface area (Å²) in [6, 6.07) is 11.5. The van der Waals surface area contributed by atoms with Crippen LogP contribution in [0.2, 0.25) is 10.0 Å². The minimum atomic E-state index is -0.992. The lowest BCUT2D eigenvalue weighted by atomic mass is 9.78. The topological polar surface area (TPSA) is 58.9 Å². The van der Waals surface area contributed by atoms with Gasteiger partial charge in [0.15, 0.2) is 5.75 Å². The van der Waals surface area contributed by atoms with Crippen molar-refractivity contribution in [3.05, 3.63) is 57.6 Å². The molecule has 4 nitrogen and oxygen atoms in total. The van der Waals surface area contributed by atoms with Crippen molar-refractivity contribution in [3.63, 3.8) is 0 Å². The van der Waals surface area contributed by atoms with Crippen molar-refractivity contribution in [2.24, 2.45) is 0 Å². The molecule has 0 spiro atoms. The third kappa shape index (κ3) is 5.91. The predicted molar refractivity (Wildman–Crippen MR) is 114 cm³/mol. The summed E-state index contributed by atoms with van der Waals surface area (Å²) in [6.45, 7) is 4.25. The maximum Gasteiger partial charge on any atom is 0.156 e. The lowest BCUT2D eigenvalue weighted by molar-refractivity contribution is 0.0536. The summed E-state index contributed by atoms with van der Waals surface area (Å²) in [5.74, 6) is 1.66. The molecule has 0 aromatic heterocycles. The van der Waals surface area contributed by atoms with Gasteiger partial charge in [-0.05, 0) is 41.8 Å². The first-order chi connectivity index (χ1) is 13.3. The van der Waals surface area contributed by atoms with Gasteiger partial charge in [0, 0.05) is 11.3 Å². The zero-order valence-electron chi connectivity index (χ0n) is 15.9. The Morgan fingerprint density at radius 2 is 1.61 bits per heavy atom. The van der Waals surface area contributed by atoms with Crippen LogP contribution in [0, 0.1) is 0 Å². The van der Waals surface area contributed by atoms with Crippen LogP contribution < -0.4 is 9.47 Å². The van der Waals surface area contributed by atoms with E-state index < -0.39 is 12.7 Å². The molecule has 7 heteroatoms. The molecular formula is C21H25Cl3O4. The Hall–Kier alpha value is -1.17. The number of alkyl halides is 1. The summed E-state index contributed by atoms with van der Waals surface area (Å²) < 4.78 is 11.1. The quantitative estimate of drug-likeness (QED) is 0.395. The van der Waals surface area contributed by atoms with Crippen LogP contribution in [0.1, 0.15) is 31.4 Å². The third-order valence-electron chi connectivity index (χ3n) is 4.47. The van der Waals surface area contributed by atoms with Crippen molar-refractivity contribution in [2.75, 3.05) is 25.7 Å². The van der Waals surface area contributed by atoms with Crippen LogP contribution in [0.3, 0.4) is 0 Å². The molecule has 0 saturated heterocycles. The zero-order valence-corrected chi connectivity index (χ0v) is 18.2. The third-order valence-corrected chi connectivity index (χ3v) is 5.30. The molecule has 28 heavy (non-hydrogen) atoms. The Morgan fingerprint density at radius 1 is 1.00 bits per heavy atom. The van der Waals surface area contributed by atoms with E-state index in [4.69, 9.17) is 49.4 Å². The van der Waals surface area contributed by atoms with Gasteiger partial charge in [-0.25, -0.2) is 0 Å². The molecule has 2 rings (SSSR count). The largest absolute Gasteiger partial charge is 0.494 e. The minimum Gasteiger partial charge on any atom is -0.494 e. The number of aliphatic hydroxyl groups is 2. The van der Waals surface area contributed by atoms with Gasteiger partial charge in [-0.3, -0.25) is 0 Å². The van der Waals surface area contributed by atoms with Crippen molar-refractivity contribution in [1.82, 2.24) is 0 Å². The molecule has 0 unspecified atom stereocenters. The molecule has 2 aromatic rings. The molecule has 154 valence electrons. The summed E-state index contributed by atoms with van der Waals surface area (Å²) >= 11 is 18.4. The van der Waals surface area contributed by atoms with Crippen LogP contribution in [0.4, 0.5) is 0 Å². The van der Waals surface area contributed by atoms with E-state index >= 15 is 0 Å². The highest BCUT2D eigenvalue weighted by atomic mass is 35.5. The fourth-order valence-electron chi connectivity index (χ4n) is 2.67. The Balaban J connectivity index is 2.20. The first kappa shape index (κ1) is 23.1. The van der Waals surface area contributed by atoms with Gasteiger partial charge in [-0.15, -0.1) is 11.6 Å². The first-order valence-electron chi connectivity index (χ1n) is 9.00. The number of rotatable bonds is 10. The Morgan fingerprint density at radius 3 is 2.14 bits per heavy atom. The van der Waals surface area contributed by atoms with E-state index in [9.17, 15) is 5.11 Å². The number of hydrogen-bond donors (Lipinski definition) is 2. The summed E-state index contributed by atoms with van der Waals surface area (Å²) in [5, 5.41) is 19.0. The van der Waals surface area contributed by atoms with Crippen molar-refractivity contribution < 1.29 is 19.7 Å². The average Bonchev–Trinajstić information content (AvgIpc) is 2.67. The zero-order chi connectivity index (χ0) is 20.7. The number of ether oxygens (including phenoxy) is 2.